The minimum Gasteiger partial charge on any atom is -0.379 e. The number of hydrogen-bond donors (Lipinski definition) is 2. The fourth-order valence-corrected chi connectivity index (χ4v) is 5.44. The fraction of sp³-hybridized carbons (Fsp3) is 0.345. The molecule has 41 heavy (non-hydrogen) atoms. The van der Waals surface area contributed by atoms with Gasteiger partial charge in [-0.05, 0) is 42.5 Å². The molecule has 0 atom stereocenters. The van der Waals surface area contributed by atoms with Crippen LogP contribution in [0.3, 0.4) is 0 Å². The topological polar surface area (TPSA) is 114 Å². The predicted octanol–water partition coefficient (Wildman–Crippen LogP) is 3.93. The SMILES string of the molecule is O=C(Cc1ncn2ccc(Cl)cc12)Nc1cc(NCc2cn3cc(C4CC4)cc(CN4CCOCC4)c3n2)ncn1. The van der Waals surface area contributed by atoms with Crippen LogP contribution in [0.25, 0.3) is 11.2 Å². The van der Waals surface area contributed by atoms with Gasteiger partial charge >= 0.3 is 0 Å². The van der Waals surface area contributed by atoms with Crippen LogP contribution in [0.15, 0.2) is 55.5 Å². The Labute approximate surface area is 241 Å². The highest BCUT2D eigenvalue weighted by Gasteiger charge is 2.25. The number of morpholine rings is 1. The first-order valence-corrected chi connectivity index (χ1v) is 14.2. The highest BCUT2D eigenvalue weighted by molar-refractivity contribution is 6.30. The Balaban J connectivity index is 1.03. The Hall–Kier alpha value is -4.06. The van der Waals surface area contributed by atoms with E-state index in [9.17, 15) is 4.79 Å². The van der Waals surface area contributed by atoms with Crippen molar-refractivity contribution >= 4 is 40.3 Å². The van der Waals surface area contributed by atoms with E-state index in [1.165, 1.54) is 30.3 Å². The zero-order valence-electron chi connectivity index (χ0n) is 22.5. The molecule has 0 radical (unpaired) electrons. The minimum atomic E-state index is -0.227. The van der Waals surface area contributed by atoms with Gasteiger partial charge in [-0.1, -0.05) is 11.6 Å². The number of aromatic nitrogens is 6. The number of carbonyl (C=O) groups is 1. The summed E-state index contributed by atoms with van der Waals surface area (Å²) < 4.78 is 9.53. The third kappa shape index (κ3) is 5.88. The molecule has 1 aliphatic heterocycles. The lowest BCUT2D eigenvalue weighted by atomic mass is 10.1. The summed E-state index contributed by atoms with van der Waals surface area (Å²) in [5, 5.41) is 6.76. The van der Waals surface area contributed by atoms with Crippen LogP contribution in [0, 0.1) is 0 Å². The molecule has 1 aliphatic carbocycles. The van der Waals surface area contributed by atoms with E-state index >= 15 is 0 Å². The number of carbonyl (C=O) groups excluding carboxylic acids is 1. The van der Waals surface area contributed by atoms with Crippen molar-refractivity contribution in [3.8, 4) is 0 Å². The van der Waals surface area contributed by atoms with Crippen molar-refractivity contribution in [2.75, 3.05) is 36.9 Å². The predicted molar refractivity (Wildman–Crippen MR) is 155 cm³/mol. The molecule has 1 saturated heterocycles. The summed E-state index contributed by atoms with van der Waals surface area (Å²) in [5.41, 5.74) is 5.98. The van der Waals surface area contributed by atoms with Gasteiger partial charge in [0, 0.05) is 54.9 Å². The molecule has 0 spiro atoms. The molecule has 0 unspecified atom stereocenters. The first kappa shape index (κ1) is 25.9. The van der Waals surface area contributed by atoms with Crippen molar-refractivity contribution in [2.24, 2.45) is 0 Å². The van der Waals surface area contributed by atoms with Gasteiger partial charge in [0.25, 0.3) is 0 Å². The molecule has 5 aromatic heterocycles. The monoisotopic (exact) mass is 571 g/mol. The second-order valence-electron chi connectivity index (χ2n) is 10.6. The summed E-state index contributed by atoms with van der Waals surface area (Å²) in [6.07, 6.45) is 11.8. The third-order valence-electron chi connectivity index (χ3n) is 7.54. The number of pyridine rings is 2. The van der Waals surface area contributed by atoms with Gasteiger partial charge in [0.05, 0.1) is 49.4 Å². The number of amides is 1. The van der Waals surface area contributed by atoms with Gasteiger partial charge in [-0.2, -0.15) is 0 Å². The van der Waals surface area contributed by atoms with Crippen LogP contribution < -0.4 is 10.6 Å². The number of nitrogens with zero attached hydrogens (tertiary/aromatic N) is 7. The van der Waals surface area contributed by atoms with Crippen LogP contribution >= 0.6 is 11.6 Å². The molecule has 12 heteroatoms. The highest BCUT2D eigenvalue weighted by atomic mass is 35.5. The Morgan fingerprint density at radius 3 is 2.76 bits per heavy atom. The van der Waals surface area contributed by atoms with Crippen LogP contribution in [-0.2, 0) is 29.0 Å². The number of rotatable bonds is 9. The molecule has 210 valence electrons. The molecule has 11 nitrogen and oxygen atoms in total. The molecule has 2 N–H and O–H groups in total. The molecule has 2 fully saturated rings. The summed E-state index contributed by atoms with van der Waals surface area (Å²) >= 11 is 6.12. The Morgan fingerprint density at radius 2 is 1.90 bits per heavy atom. The Morgan fingerprint density at radius 1 is 1.05 bits per heavy atom. The smallest absolute Gasteiger partial charge is 0.231 e. The minimum absolute atomic E-state index is 0.0977. The van der Waals surface area contributed by atoms with E-state index in [1.807, 2.05) is 10.6 Å². The second kappa shape index (κ2) is 11.1. The maximum atomic E-state index is 12.8. The summed E-state index contributed by atoms with van der Waals surface area (Å²) in [4.78, 5) is 33.0. The average Bonchev–Trinajstić information content (AvgIpc) is 3.64. The summed E-state index contributed by atoms with van der Waals surface area (Å²) in [6, 6.07) is 7.62. The van der Waals surface area contributed by atoms with Crippen LogP contribution in [0.1, 0.15) is 41.3 Å². The summed E-state index contributed by atoms with van der Waals surface area (Å²) in [7, 11) is 0. The fourth-order valence-electron chi connectivity index (χ4n) is 5.28. The normalized spacial score (nSPS) is 15.9. The maximum Gasteiger partial charge on any atom is 0.231 e. The van der Waals surface area contributed by atoms with Crippen molar-refractivity contribution in [1.29, 1.82) is 0 Å². The van der Waals surface area contributed by atoms with Crippen LogP contribution in [0.2, 0.25) is 5.02 Å². The average molecular weight is 572 g/mol. The molecule has 0 aromatic carbocycles. The molecular weight excluding hydrogens is 542 g/mol. The van der Waals surface area contributed by atoms with Crippen molar-refractivity contribution < 1.29 is 9.53 Å². The van der Waals surface area contributed by atoms with Gasteiger partial charge in [-0.3, -0.25) is 9.69 Å². The number of fused-ring (bicyclic) bond motifs is 2. The lowest BCUT2D eigenvalue weighted by Gasteiger charge is -2.26. The van der Waals surface area contributed by atoms with E-state index < -0.39 is 0 Å². The Kier molecular flexibility index (Phi) is 6.99. The highest BCUT2D eigenvalue weighted by Crippen LogP contribution is 2.40. The molecule has 1 amide bonds. The van der Waals surface area contributed by atoms with Crippen molar-refractivity contribution in [2.45, 2.75) is 38.3 Å². The van der Waals surface area contributed by atoms with Crippen LogP contribution in [0.4, 0.5) is 11.6 Å². The molecule has 6 heterocycles. The zero-order valence-corrected chi connectivity index (χ0v) is 23.2. The number of imidazole rings is 2. The number of hydrogen-bond acceptors (Lipinski definition) is 8. The van der Waals surface area contributed by atoms with Crippen LogP contribution in [0.5, 0.6) is 0 Å². The zero-order chi connectivity index (χ0) is 27.8. The summed E-state index contributed by atoms with van der Waals surface area (Å²) in [5.74, 6) is 1.44. The first-order valence-electron chi connectivity index (χ1n) is 13.8. The lowest BCUT2D eigenvalue weighted by Crippen LogP contribution is -2.35. The van der Waals surface area contributed by atoms with Gasteiger partial charge in [0.1, 0.15) is 23.6 Å². The standard InChI is InChI=1S/C29H30ClN9O2/c30-22-3-4-38-18-34-24(25(38)10-22)11-28(40)36-27-12-26(32-17-33-27)31-13-23-16-39-15-20(19-1-2-19)9-21(29(39)35-23)14-37-5-7-41-8-6-37/h3-4,9-10,12,15-19H,1-2,5-8,11,13-14H2,(H2,31,32,33,36,40). The number of anilines is 2. The van der Waals surface area contributed by atoms with Gasteiger partial charge in [0.2, 0.25) is 5.91 Å². The first-order chi connectivity index (χ1) is 20.1. The molecular formula is C29H30ClN9O2. The number of halogens is 1. The van der Waals surface area contributed by atoms with Crippen molar-refractivity contribution in [3.05, 3.63) is 83.0 Å². The molecule has 5 aromatic rings. The Bertz CT molecular complexity index is 1720. The summed E-state index contributed by atoms with van der Waals surface area (Å²) in [6.45, 7) is 4.79. The van der Waals surface area contributed by atoms with Gasteiger partial charge < -0.3 is 24.2 Å². The van der Waals surface area contributed by atoms with E-state index in [0.717, 1.165) is 49.7 Å². The second-order valence-corrected chi connectivity index (χ2v) is 11.1. The largest absolute Gasteiger partial charge is 0.379 e. The van der Waals surface area contributed by atoms with Gasteiger partial charge in [-0.25, -0.2) is 19.9 Å². The van der Waals surface area contributed by atoms with Crippen molar-refractivity contribution in [1.82, 2.24) is 33.6 Å². The quantitative estimate of drug-likeness (QED) is 0.274. The van der Waals surface area contributed by atoms with Gasteiger partial charge in [-0.15, -0.1) is 0 Å². The van der Waals surface area contributed by atoms with Crippen molar-refractivity contribution in [3.63, 3.8) is 0 Å². The maximum absolute atomic E-state index is 12.8. The molecule has 1 saturated carbocycles. The van der Waals surface area contributed by atoms with E-state index in [0.29, 0.717) is 34.8 Å². The number of nitrogens with one attached hydrogen (secondary N) is 2. The lowest BCUT2D eigenvalue weighted by molar-refractivity contribution is -0.115. The molecule has 2 aliphatic rings. The van der Waals surface area contributed by atoms with E-state index in [1.54, 1.807) is 24.5 Å². The van der Waals surface area contributed by atoms with Gasteiger partial charge in [0.15, 0.2) is 0 Å². The van der Waals surface area contributed by atoms with E-state index in [4.69, 9.17) is 21.3 Å². The van der Waals surface area contributed by atoms with E-state index in [-0.39, 0.29) is 12.3 Å². The number of ether oxygens (including phenoxy) is 1. The van der Waals surface area contributed by atoms with Crippen LogP contribution in [-0.4, -0.2) is 65.8 Å². The molecule has 0 bridgehead atoms. The van der Waals surface area contributed by atoms with E-state index in [2.05, 4.69) is 53.3 Å². The molecule has 7 rings (SSSR count). The third-order valence-corrected chi connectivity index (χ3v) is 7.77.